The number of halogens is 2. The second-order valence-corrected chi connectivity index (χ2v) is 43.3. The molecule has 3 aliphatic rings. The van der Waals surface area contributed by atoms with Crippen molar-refractivity contribution in [1.82, 2.24) is 9.80 Å². The quantitative estimate of drug-likeness (QED) is 0.0398. The van der Waals surface area contributed by atoms with E-state index in [2.05, 4.69) is 133 Å². The van der Waals surface area contributed by atoms with Crippen LogP contribution < -0.4 is 37.3 Å². The van der Waals surface area contributed by atoms with Gasteiger partial charge in [0, 0.05) is 86.9 Å². The normalized spacial score (nSPS) is 16.2. The lowest BCUT2D eigenvalue weighted by molar-refractivity contribution is 0.0662. The molecule has 3 unspecified atom stereocenters. The Morgan fingerprint density at radius 2 is 0.677 bits per heavy atom. The molecule has 3 aliphatic heterocycles. The number of phenols is 2. The second kappa shape index (κ2) is 35.9. The Morgan fingerprint density at radius 1 is 0.419 bits per heavy atom. The van der Waals surface area contributed by atoms with Crippen LogP contribution in [0.3, 0.4) is 0 Å². The number of hydrogen-bond donors (Lipinski definition) is 4. The standard InChI is InChI=1S/C25H37ClN2O3Si.C19H23ClN2O3.C15H24O3Si.C12H20O2Si.C2H6/c1-25(2,3)32(4,5)31-24-12-10-23(11-13-24)30-19-22(29)18-27-14-16-28(17-15-27)21-8-6-20(26)7-9-21;20-15-1-3-16(4-2-15)22-11-9-21(10-12-22)13-18(24)14-25-19-7-5-17(23)6-8-19;1-15(2,3)19(4,5)18-13-8-6-12(7-9-13)16-10-14-11-17-14;1-12(2,3)15(4,5)14-11-8-6-10(13)7-9-11;1-2/h6-13,22,29H,14-19H2,1-5H3;1-8,18,23-24H,9-14H2;6-9,14H,10-11H2,1-5H3;6-9,13H,1-5H3;1-2H3. The van der Waals surface area contributed by atoms with Crippen LogP contribution in [0.15, 0.2) is 146 Å². The van der Waals surface area contributed by atoms with E-state index in [-0.39, 0.29) is 39.8 Å². The zero-order valence-corrected chi connectivity index (χ0v) is 63.2. The first-order valence-corrected chi connectivity index (χ1v) is 42.3. The summed E-state index contributed by atoms with van der Waals surface area (Å²) in [5.41, 5.74) is 2.37. The Morgan fingerprint density at radius 3 is 0.957 bits per heavy atom. The fraction of sp³-hybridized carbons (Fsp3) is 0.507. The fourth-order valence-electron chi connectivity index (χ4n) is 8.73. The summed E-state index contributed by atoms with van der Waals surface area (Å²) in [7, 11) is -5.34. The summed E-state index contributed by atoms with van der Waals surface area (Å²) >= 11 is 11.9. The molecular formula is C73H110Cl2N4O11Si3. The van der Waals surface area contributed by atoms with Crippen molar-refractivity contribution in [2.24, 2.45) is 0 Å². The average Bonchev–Trinajstić information content (AvgIpc) is 1.88. The van der Waals surface area contributed by atoms with Crippen LogP contribution in [0.5, 0.6) is 46.0 Å². The maximum atomic E-state index is 10.5. The molecule has 0 aromatic heterocycles. The van der Waals surface area contributed by atoms with Gasteiger partial charge in [0.05, 0.1) is 6.61 Å². The summed E-state index contributed by atoms with van der Waals surface area (Å²) in [6, 6.07) is 45.0. The molecule has 93 heavy (non-hydrogen) atoms. The van der Waals surface area contributed by atoms with E-state index in [1.165, 1.54) is 11.4 Å². The minimum atomic E-state index is -1.85. The lowest BCUT2D eigenvalue weighted by Crippen LogP contribution is -2.49. The molecule has 3 heterocycles. The van der Waals surface area contributed by atoms with Gasteiger partial charge in [-0.15, -0.1) is 0 Å². The number of epoxide rings is 1. The van der Waals surface area contributed by atoms with Gasteiger partial charge in [-0.25, -0.2) is 0 Å². The van der Waals surface area contributed by atoms with Gasteiger partial charge in [0.25, 0.3) is 0 Å². The summed E-state index contributed by atoms with van der Waals surface area (Å²) in [5, 5.41) is 41.1. The van der Waals surface area contributed by atoms with E-state index >= 15 is 0 Å². The van der Waals surface area contributed by atoms with E-state index in [9.17, 15) is 20.4 Å². The van der Waals surface area contributed by atoms with Crippen LogP contribution in [-0.2, 0) is 4.74 Å². The Balaban J connectivity index is 0.000000231. The molecule has 20 heteroatoms. The van der Waals surface area contributed by atoms with Gasteiger partial charge in [0.1, 0.15) is 84.1 Å². The topological polar surface area (TPSA) is 162 Å². The van der Waals surface area contributed by atoms with Crippen LogP contribution in [0.25, 0.3) is 0 Å². The fourth-order valence-corrected chi connectivity index (χ4v) is 12.1. The summed E-state index contributed by atoms with van der Waals surface area (Å²) in [6.45, 7) is 48.0. The van der Waals surface area contributed by atoms with Crippen molar-refractivity contribution in [2.45, 2.75) is 149 Å². The van der Waals surface area contributed by atoms with Gasteiger partial charge in [0.15, 0.2) is 0 Å². The molecule has 6 aromatic rings. The number of hydrogen-bond acceptors (Lipinski definition) is 15. The number of ether oxygens (including phenoxy) is 4. The Bertz CT molecular complexity index is 3060. The van der Waals surface area contributed by atoms with Gasteiger partial charge in [-0.05, 0) is 200 Å². The lowest BCUT2D eigenvalue weighted by atomic mass is 10.2. The zero-order valence-electron chi connectivity index (χ0n) is 58.7. The van der Waals surface area contributed by atoms with Crippen LogP contribution in [0.4, 0.5) is 11.4 Å². The first-order chi connectivity index (χ1) is 43.6. The monoisotopic (exact) mass is 1370 g/mol. The van der Waals surface area contributed by atoms with E-state index < -0.39 is 37.2 Å². The van der Waals surface area contributed by atoms with Crippen molar-refractivity contribution in [3.8, 4) is 46.0 Å². The number of aliphatic hydroxyl groups is 2. The Kier molecular flexibility index (Phi) is 30.1. The van der Waals surface area contributed by atoms with E-state index in [1.54, 1.807) is 36.4 Å². The molecule has 9 rings (SSSR count). The molecule has 3 saturated heterocycles. The highest BCUT2D eigenvalue weighted by Crippen LogP contribution is 2.40. The largest absolute Gasteiger partial charge is 0.543 e. The molecule has 0 amide bonds. The second-order valence-electron chi connectivity index (χ2n) is 28.2. The van der Waals surface area contributed by atoms with Gasteiger partial charge in [-0.3, -0.25) is 9.80 Å². The van der Waals surface area contributed by atoms with E-state index in [4.69, 9.17) is 55.4 Å². The third-order valence-electron chi connectivity index (χ3n) is 17.6. The number of aromatic hydroxyl groups is 2. The van der Waals surface area contributed by atoms with Crippen molar-refractivity contribution >= 4 is 59.5 Å². The maximum Gasteiger partial charge on any atom is 0.250 e. The first-order valence-electron chi connectivity index (χ1n) is 32.8. The summed E-state index contributed by atoms with van der Waals surface area (Å²) < 4.78 is 40.7. The highest BCUT2D eigenvalue weighted by Gasteiger charge is 2.41. The van der Waals surface area contributed by atoms with E-state index in [1.807, 2.05) is 111 Å². The molecule has 3 fully saturated rings. The molecule has 0 aliphatic carbocycles. The highest BCUT2D eigenvalue weighted by molar-refractivity contribution is 6.75. The molecule has 3 atom stereocenters. The highest BCUT2D eigenvalue weighted by atomic mass is 35.5. The number of piperazine rings is 2. The molecule has 0 radical (unpaired) electrons. The van der Waals surface area contributed by atoms with Crippen molar-refractivity contribution in [3.63, 3.8) is 0 Å². The molecule has 15 nitrogen and oxygen atoms in total. The summed E-state index contributed by atoms with van der Waals surface area (Å²) in [4.78, 5) is 9.21. The number of β-amino-alcohol motifs (C(OH)–C–C–N with tert-alkyl or cyclic N) is 2. The van der Waals surface area contributed by atoms with Crippen molar-refractivity contribution in [2.75, 3.05) is 102 Å². The van der Waals surface area contributed by atoms with Crippen molar-refractivity contribution in [1.29, 1.82) is 0 Å². The van der Waals surface area contributed by atoms with Crippen molar-refractivity contribution in [3.05, 3.63) is 156 Å². The predicted octanol–water partition coefficient (Wildman–Crippen LogP) is 16.5. The van der Waals surface area contributed by atoms with Gasteiger partial charge in [-0.2, -0.15) is 0 Å². The summed E-state index contributed by atoms with van der Waals surface area (Å²) in [5.74, 6) is 5.40. The molecule has 6 aromatic carbocycles. The molecular weight excluding hydrogens is 1260 g/mol. The third kappa shape index (κ3) is 27.2. The minimum absolute atomic E-state index is 0.159. The zero-order chi connectivity index (χ0) is 68.8. The van der Waals surface area contributed by atoms with Gasteiger partial charge >= 0.3 is 0 Å². The average molecular weight is 1370 g/mol. The van der Waals surface area contributed by atoms with Crippen molar-refractivity contribution < 1.29 is 52.7 Å². The van der Waals surface area contributed by atoms with Gasteiger partial charge in [0.2, 0.25) is 25.0 Å². The lowest BCUT2D eigenvalue weighted by Gasteiger charge is -2.37. The number of nitrogens with zero attached hydrogens (tertiary/aromatic N) is 4. The summed E-state index contributed by atoms with van der Waals surface area (Å²) in [6.07, 6.45) is -0.778. The molecule has 0 bridgehead atoms. The maximum absolute atomic E-state index is 10.5. The third-order valence-corrected chi connectivity index (χ3v) is 31.2. The first kappa shape index (κ1) is 78.1. The van der Waals surface area contributed by atoms with Crippen LogP contribution in [0, 0.1) is 0 Å². The molecule has 4 N–H and O–H groups in total. The smallest absolute Gasteiger partial charge is 0.250 e. The number of phenolic OH excluding ortho intramolecular Hbond substituents is 2. The molecule has 514 valence electrons. The Labute approximate surface area is 570 Å². The number of rotatable bonds is 21. The van der Waals surface area contributed by atoms with E-state index in [0.717, 1.165) is 97.8 Å². The van der Waals surface area contributed by atoms with E-state index in [0.29, 0.717) is 31.5 Å². The van der Waals surface area contributed by atoms with Crippen LogP contribution in [0.2, 0.25) is 64.4 Å². The number of anilines is 2. The number of benzene rings is 6. The van der Waals surface area contributed by atoms with Gasteiger partial charge in [-0.1, -0.05) is 99.4 Å². The van der Waals surface area contributed by atoms with Gasteiger partial charge < -0.3 is 62.5 Å². The van der Waals surface area contributed by atoms with Crippen LogP contribution in [-0.4, -0.2) is 165 Å². The molecule has 0 saturated carbocycles. The SMILES string of the molecule is CC.CC(C)(C)[Si](C)(C)Oc1ccc(O)cc1.CC(C)(C)[Si](C)(C)Oc1ccc(OCC(O)CN2CCN(c3ccc(Cl)cc3)CC2)cc1.CC(C)(C)[Si](C)(C)Oc1ccc(OCC2CO2)cc1.Oc1ccc(OCC(O)CN2CCN(c3ccc(Cl)cc3)CC2)cc1. The predicted molar refractivity (Wildman–Crippen MR) is 392 cm³/mol. The minimum Gasteiger partial charge on any atom is -0.543 e. The van der Waals surface area contributed by atoms with Crippen LogP contribution in [0.1, 0.15) is 76.2 Å². The van der Waals surface area contributed by atoms with Crippen LogP contribution >= 0.6 is 23.2 Å². The molecule has 0 spiro atoms. The number of aliphatic hydroxyl groups excluding tert-OH is 2. The Hall–Kier alpha value is -5.65.